The Hall–Kier alpha value is -1.89. The number of hydrogen-bond acceptors (Lipinski definition) is 5. The molecule has 2 aromatic heterocycles. The molecular formula is C11H11BrN4O2. The minimum absolute atomic E-state index is 0.0766. The van der Waals surface area contributed by atoms with E-state index in [4.69, 9.17) is 5.73 Å². The molecule has 2 aromatic rings. The fourth-order valence-corrected chi connectivity index (χ4v) is 1.85. The summed E-state index contributed by atoms with van der Waals surface area (Å²) < 4.78 is 6.83. The molecule has 94 valence electrons. The molecular weight excluding hydrogens is 300 g/mol. The molecule has 6 nitrogen and oxygen atoms in total. The number of nitrogen functional groups attached to an aromatic ring is 1. The molecule has 7 heteroatoms. The SMILES string of the molecule is COC(=O)c1nn(-c2nccc(C)c2Br)cc1N. The van der Waals surface area contributed by atoms with Gasteiger partial charge >= 0.3 is 5.97 Å². The molecule has 18 heavy (non-hydrogen) atoms. The molecule has 2 N–H and O–H groups in total. The van der Waals surface area contributed by atoms with Crippen LogP contribution in [0, 0.1) is 6.92 Å². The van der Waals surface area contributed by atoms with Crippen LogP contribution in [-0.4, -0.2) is 27.8 Å². The number of ether oxygens (including phenoxy) is 1. The Kier molecular flexibility index (Phi) is 3.33. The van der Waals surface area contributed by atoms with Crippen LogP contribution in [0.1, 0.15) is 16.1 Å². The summed E-state index contributed by atoms with van der Waals surface area (Å²) in [6, 6.07) is 1.86. The van der Waals surface area contributed by atoms with Crippen LogP contribution < -0.4 is 5.73 Å². The van der Waals surface area contributed by atoms with E-state index in [0.717, 1.165) is 10.0 Å². The first-order valence-electron chi connectivity index (χ1n) is 5.09. The van der Waals surface area contributed by atoms with Crippen LogP contribution in [0.2, 0.25) is 0 Å². The number of nitrogens with zero attached hydrogens (tertiary/aromatic N) is 3. The lowest BCUT2D eigenvalue weighted by Gasteiger charge is -2.04. The van der Waals surface area contributed by atoms with Crippen molar-refractivity contribution >= 4 is 27.6 Å². The zero-order chi connectivity index (χ0) is 13.3. The Morgan fingerprint density at radius 3 is 2.94 bits per heavy atom. The number of hydrogen-bond donors (Lipinski definition) is 1. The van der Waals surface area contributed by atoms with Gasteiger partial charge in [-0.15, -0.1) is 0 Å². The summed E-state index contributed by atoms with van der Waals surface area (Å²) in [4.78, 5) is 15.6. The van der Waals surface area contributed by atoms with Gasteiger partial charge < -0.3 is 10.5 Å². The van der Waals surface area contributed by atoms with Gasteiger partial charge in [-0.3, -0.25) is 0 Å². The van der Waals surface area contributed by atoms with Crippen molar-refractivity contribution in [1.29, 1.82) is 0 Å². The molecule has 2 rings (SSSR count). The van der Waals surface area contributed by atoms with Gasteiger partial charge in [0.15, 0.2) is 11.5 Å². The fraction of sp³-hybridized carbons (Fsp3) is 0.182. The van der Waals surface area contributed by atoms with Gasteiger partial charge in [0.1, 0.15) is 0 Å². The van der Waals surface area contributed by atoms with Gasteiger partial charge in [0.25, 0.3) is 0 Å². The quantitative estimate of drug-likeness (QED) is 0.854. The van der Waals surface area contributed by atoms with Crippen LogP contribution in [0.5, 0.6) is 0 Å². The van der Waals surface area contributed by atoms with Crippen molar-refractivity contribution in [3.63, 3.8) is 0 Å². The van der Waals surface area contributed by atoms with Crippen molar-refractivity contribution in [1.82, 2.24) is 14.8 Å². The zero-order valence-electron chi connectivity index (χ0n) is 9.85. The van der Waals surface area contributed by atoms with Crippen LogP contribution >= 0.6 is 15.9 Å². The molecule has 0 aliphatic rings. The van der Waals surface area contributed by atoms with Crippen LogP contribution in [0.25, 0.3) is 5.82 Å². The lowest BCUT2D eigenvalue weighted by molar-refractivity contribution is 0.0594. The minimum Gasteiger partial charge on any atom is -0.464 e. The Balaban J connectivity index is 2.53. The zero-order valence-corrected chi connectivity index (χ0v) is 11.4. The molecule has 0 bridgehead atoms. The first-order valence-corrected chi connectivity index (χ1v) is 5.89. The van der Waals surface area contributed by atoms with Crippen LogP contribution in [0.4, 0.5) is 5.69 Å². The molecule has 2 heterocycles. The Morgan fingerprint density at radius 2 is 2.28 bits per heavy atom. The maximum atomic E-state index is 11.4. The highest BCUT2D eigenvalue weighted by Crippen LogP contribution is 2.23. The van der Waals surface area contributed by atoms with E-state index in [9.17, 15) is 4.79 Å². The van der Waals surface area contributed by atoms with Gasteiger partial charge in [-0.05, 0) is 34.5 Å². The van der Waals surface area contributed by atoms with Crippen molar-refractivity contribution in [2.75, 3.05) is 12.8 Å². The van der Waals surface area contributed by atoms with E-state index >= 15 is 0 Å². The molecule has 0 amide bonds. The number of carbonyl (C=O) groups is 1. The van der Waals surface area contributed by atoms with Crippen molar-refractivity contribution in [3.05, 3.63) is 34.2 Å². The predicted octanol–water partition coefficient (Wildman–Crippen LogP) is 1.71. The lowest BCUT2D eigenvalue weighted by atomic mass is 10.3. The maximum Gasteiger partial charge on any atom is 0.360 e. The fourth-order valence-electron chi connectivity index (χ4n) is 1.44. The predicted molar refractivity (Wildman–Crippen MR) is 69.5 cm³/mol. The third kappa shape index (κ3) is 2.08. The van der Waals surface area contributed by atoms with E-state index in [1.807, 2.05) is 13.0 Å². The molecule has 0 spiro atoms. The topological polar surface area (TPSA) is 83.0 Å². The first-order chi connectivity index (χ1) is 8.54. The molecule has 0 fully saturated rings. The highest BCUT2D eigenvalue weighted by molar-refractivity contribution is 9.10. The van der Waals surface area contributed by atoms with Crippen molar-refractivity contribution < 1.29 is 9.53 Å². The molecule has 0 unspecified atom stereocenters. The number of nitrogens with two attached hydrogens (primary N) is 1. The van der Waals surface area contributed by atoms with E-state index in [1.54, 1.807) is 6.20 Å². The highest BCUT2D eigenvalue weighted by atomic mass is 79.9. The van der Waals surface area contributed by atoms with Gasteiger partial charge in [-0.1, -0.05) is 0 Å². The van der Waals surface area contributed by atoms with Crippen molar-refractivity contribution in [2.24, 2.45) is 0 Å². The summed E-state index contributed by atoms with van der Waals surface area (Å²) in [7, 11) is 1.28. The van der Waals surface area contributed by atoms with Crippen molar-refractivity contribution in [2.45, 2.75) is 6.92 Å². The average molecular weight is 311 g/mol. The molecule has 0 radical (unpaired) electrons. The summed E-state index contributed by atoms with van der Waals surface area (Å²) in [5.74, 6) is -0.00752. The second kappa shape index (κ2) is 4.77. The Morgan fingerprint density at radius 1 is 1.56 bits per heavy atom. The molecule has 0 saturated carbocycles. The maximum absolute atomic E-state index is 11.4. The lowest BCUT2D eigenvalue weighted by Crippen LogP contribution is -2.06. The largest absolute Gasteiger partial charge is 0.464 e. The third-order valence-corrected chi connectivity index (χ3v) is 3.38. The summed E-state index contributed by atoms with van der Waals surface area (Å²) in [5, 5.41) is 4.08. The third-order valence-electron chi connectivity index (χ3n) is 2.40. The van der Waals surface area contributed by atoms with E-state index < -0.39 is 5.97 Å². The monoisotopic (exact) mass is 310 g/mol. The summed E-state index contributed by atoms with van der Waals surface area (Å²) in [6.07, 6.45) is 3.18. The van der Waals surface area contributed by atoms with E-state index in [-0.39, 0.29) is 11.4 Å². The molecule has 0 aliphatic carbocycles. The summed E-state index contributed by atoms with van der Waals surface area (Å²) >= 11 is 3.42. The number of rotatable bonds is 2. The van der Waals surface area contributed by atoms with Crippen LogP contribution in [0.15, 0.2) is 22.9 Å². The average Bonchev–Trinajstić information content (AvgIpc) is 2.73. The number of carbonyl (C=O) groups excluding carboxylic acids is 1. The molecule has 0 atom stereocenters. The summed E-state index contributed by atoms with van der Waals surface area (Å²) in [6.45, 7) is 1.93. The van der Waals surface area contributed by atoms with Crippen molar-refractivity contribution in [3.8, 4) is 5.82 Å². The smallest absolute Gasteiger partial charge is 0.360 e. The Labute approximate surface area is 112 Å². The van der Waals surface area contributed by atoms with E-state index in [0.29, 0.717) is 5.82 Å². The standard InChI is InChI=1S/C11H11BrN4O2/c1-6-3-4-14-10(8(6)12)16-5-7(13)9(15-16)11(17)18-2/h3-5H,13H2,1-2H3. The number of esters is 1. The van der Waals surface area contributed by atoms with Gasteiger partial charge in [-0.25, -0.2) is 14.5 Å². The molecule has 0 aromatic carbocycles. The second-order valence-corrected chi connectivity index (χ2v) is 4.43. The first kappa shape index (κ1) is 12.6. The highest BCUT2D eigenvalue weighted by Gasteiger charge is 2.17. The van der Waals surface area contributed by atoms with Crippen LogP contribution in [-0.2, 0) is 4.74 Å². The summed E-state index contributed by atoms with van der Waals surface area (Å²) in [5.41, 5.74) is 7.05. The molecule has 0 aliphatic heterocycles. The number of halogens is 1. The number of aromatic nitrogens is 3. The van der Waals surface area contributed by atoms with Gasteiger partial charge in [0.05, 0.1) is 23.5 Å². The minimum atomic E-state index is -0.574. The second-order valence-electron chi connectivity index (χ2n) is 3.63. The van der Waals surface area contributed by atoms with Gasteiger partial charge in [-0.2, -0.15) is 5.10 Å². The Bertz CT molecular complexity index is 609. The number of aryl methyl sites for hydroxylation is 1. The number of methoxy groups -OCH3 is 1. The number of pyridine rings is 1. The van der Waals surface area contributed by atoms with E-state index in [2.05, 4.69) is 30.7 Å². The van der Waals surface area contributed by atoms with Crippen LogP contribution in [0.3, 0.4) is 0 Å². The van der Waals surface area contributed by atoms with Gasteiger partial charge in [0, 0.05) is 6.20 Å². The molecule has 0 saturated heterocycles. The normalized spacial score (nSPS) is 10.4. The van der Waals surface area contributed by atoms with E-state index in [1.165, 1.54) is 18.0 Å². The number of anilines is 1. The van der Waals surface area contributed by atoms with Gasteiger partial charge in [0.2, 0.25) is 0 Å².